The van der Waals surface area contributed by atoms with Crippen LogP contribution in [-0.4, -0.2) is 149 Å². The molecule has 0 spiro atoms. The number of aromatic nitrogens is 1. The van der Waals surface area contributed by atoms with E-state index in [0.29, 0.717) is 75.9 Å². The number of hydrogen-bond acceptors (Lipinski definition) is 12. The lowest BCUT2D eigenvalue weighted by Crippen LogP contribution is -2.58. The number of likely N-dealkylation sites (tertiary alicyclic amines) is 2. The van der Waals surface area contributed by atoms with Gasteiger partial charge in [0.1, 0.15) is 30.8 Å². The van der Waals surface area contributed by atoms with E-state index in [-0.39, 0.29) is 47.8 Å². The summed E-state index contributed by atoms with van der Waals surface area (Å²) in [5, 5.41) is 9.26. The number of pyridine rings is 1. The number of nitrogens with one attached hydrogen (secondary N) is 4. The number of aromatic amines is 1. The molecule has 1 aromatic heterocycles. The van der Waals surface area contributed by atoms with Crippen molar-refractivity contribution in [1.29, 1.82) is 0 Å². The quantitative estimate of drug-likeness (QED) is 0.0456. The van der Waals surface area contributed by atoms with Gasteiger partial charge in [0.05, 0.1) is 32.5 Å². The Bertz CT molecular complexity index is 2630. The number of carbonyl (C=O) groups excluding carboxylic acids is 3. The van der Waals surface area contributed by atoms with Crippen LogP contribution >= 0.6 is 0 Å². The lowest BCUT2D eigenvalue weighted by atomic mass is 9.83. The van der Waals surface area contributed by atoms with Crippen molar-refractivity contribution < 1.29 is 38.1 Å². The van der Waals surface area contributed by atoms with Crippen LogP contribution in [0.15, 0.2) is 71.5 Å². The first kappa shape index (κ1) is 58.4. The molecule has 3 amide bonds. The summed E-state index contributed by atoms with van der Waals surface area (Å²) < 4.78 is 29.3. The number of aryl methyl sites for hydroxylation is 2. The van der Waals surface area contributed by atoms with E-state index in [0.717, 1.165) is 136 Å². The Morgan fingerprint density at radius 3 is 2.10 bits per heavy atom. The molecule has 1 saturated carbocycles. The molecule has 4 N–H and O–H groups in total. The van der Waals surface area contributed by atoms with Crippen molar-refractivity contribution in [3.05, 3.63) is 111 Å². The molecule has 16 heteroatoms. The van der Waals surface area contributed by atoms with Gasteiger partial charge in [-0.05, 0) is 175 Å². The van der Waals surface area contributed by atoms with Gasteiger partial charge in [0.25, 0.3) is 11.5 Å². The molecule has 8 rings (SSSR count). The Morgan fingerprint density at radius 1 is 0.795 bits per heavy atom. The minimum absolute atomic E-state index is 0.0959. The third kappa shape index (κ3) is 15.5. The van der Waals surface area contributed by atoms with Crippen molar-refractivity contribution in [2.45, 2.75) is 130 Å². The second kappa shape index (κ2) is 28.9. The first-order valence-electron chi connectivity index (χ1n) is 29.0. The number of amides is 3. The summed E-state index contributed by atoms with van der Waals surface area (Å²) in [6, 6.07) is 22.0. The Kier molecular flexibility index (Phi) is 21.6. The maximum atomic E-state index is 14.3. The lowest BCUT2D eigenvalue weighted by molar-refractivity contribution is -0.140. The standard InChI is InChI=1S/C62H87N7O9/c1-7-68(51-24-29-74-30-25-51)56-39-50(38-54(44(56)4)60(71)64-40-55-42(2)37-43(3)65-61(55)72)47-15-19-53(20-16-47)78-36-34-76-32-31-75-33-35-77-52-17-13-46(14-18-52)21-26-67-27-22-48-23-28-69(57(48)41-67)62(73)58(49-11-9-8-10-12-49)66-59(70)45(5)63-6/h13-20,37-39,45,48-49,51,57-58,63H,7-12,21-36,40-41H2,1-6H3,(H,64,71)(H,65,72)(H,66,70)/t45-,48-,57-,58-/m0/s1. The zero-order chi connectivity index (χ0) is 55.0. The van der Waals surface area contributed by atoms with Gasteiger partial charge in [-0.3, -0.25) is 19.2 Å². The van der Waals surface area contributed by atoms with Crippen molar-refractivity contribution in [3.8, 4) is 22.6 Å². The summed E-state index contributed by atoms with van der Waals surface area (Å²) in [4.78, 5) is 63.9. The molecular formula is C62H87N7O9. The van der Waals surface area contributed by atoms with Crippen LogP contribution in [0.4, 0.5) is 5.69 Å². The van der Waals surface area contributed by atoms with Gasteiger partial charge < -0.3 is 59.3 Å². The summed E-state index contributed by atoms with van der Waals surface area (Å²) in [5.74, 6) is 2.05. The number of fused-ring (bicyclic) bond motifs is 1. The van der Waals surface area contributed by atoms with Crippen LogP contribution in [-0.2, 0) is 36.8 Å². The van der Waals surface area contributed by atoms with Gasteiger partial charge >= 0.3 is 0 Å². The molecule has 424 valence electrons. The van der Waals surface area contributed by atoms with Crippen LogP contribution in [0.2, 0.25) is 0 Å². The average Bonchev–Trinajstić information content (AvgIpc) is 3.90. The molecule has 3 aliphatic heterocycles. The molecule has 3 saturated heterocycles. The van der Waals surface area contributed by atoms with Crippen LogP contribution < -0.4 is 35.9 Å². The molecule has 0 unspecified atom stereocenters. The monoisotopic (exact) mass is 1070 g/mol. The van der Waals surface area contributed by atoms with Gasteiger partial charge in [0.15, 0.2) is 0 Å². The van der Waals surface area contributed by atoms with Gasteiger partial charge in [-0.15, -0.1) is 0 Å². The molecule has 78 heavy (non-hydrogen) atoms. The number of benzene rings is 3. The normalized spacial score (nSPS) is 19.0. The number of piperidine rings is 1. The Hall–Kier alpha value is -5.78. The number of carbonyl (C=O) groups is 3. The van der Waals surface area contributed by atoms with E-state index in [1.54, 1.807) is 7.05 Å². The van der Waals surface area contributed by atoms with Gasteiger partial charge in [-0.1, -0.05) is 43.5 Å². The third-order valence-electron chi connectivity index (χ3n) is 16.8. The highest BCUT2D eigenvalue weighted by molar-refractivity contribution is 5.99. The van der Waals surface area contributed by atoms with Crippen molar-refractivity contribution in [2.24, 2.45) is 11.8 Å². The minimum Gasteiger partial charge on any atom is -0.491 e. The van der Waals surface area contributed by atoms with E-state index in [1.807, 2.05) is 76.2 Å². The minimum atomic E-state index is -0.445. The molecule has 4 aromatic rings. The molecule has 4 aliphatic rings. The highest BCUT2D eigenvalue weighted by Gasteiger charge is 2.44. The number of anilines is 1. The number of nitrogens with zero attached hydrogens (tertiary/aromatic N) is 3. The zero-order valence-corrected chi connectivity index (χ0v) is 47.3. The fourth-order valence-electron chi connectivity index (χ4n) is 12.0. The number of likely N-dealkylation sites (N-methyl/N-ethyl adjacent to an activating group) is 1. The smallest absolute Gasteiger partial charge is 0.253 e. The second-order valence-electron chi connectivity index (χ2n) is 21.9. The Labute approximate surface area is 462 Å². The van der Waals surface area contributed by atoms with E-state index >= 15 is 0 Å². The van der Waals surface area contributed by atoms with Crippen molar-refractivity contribution in [1.82, 2.24) is 30.7 Å². The largest absolute Gasteiger partial charge is 0.491 e. The SMILES string of the molecule is CCN(c1cc(-c2ccc(OCCOCCOCCOc3ccc(CCN4CC[C@H]5CCN(C(=O)[C@@H](NC(=O)[C@H](C)NC)C6CCCCC6)[C@H]5C4)cc3)cc2)cc(C(=O)NCc2c(C)cc(C)[nH]c2=O)c1C)C1CCOCC1. The molecule has 3 aromatic carbocycles. The van der Waals surface area contributed by atoms with E-state index in [9.17, 15) is 19.2 Å². The molecule has 0 bridgehead atoms. The summed E-state index contributed by atoms with van der Waals surface area (Å²) >= 11 is 0. The number of rotatable bonds is 26. The molecular weight excluding hydrogens is 987 g/mol. The highest BCUT2D eigenvalue weighted by atomic mass is 16.6. The highest BCUT2D eigenvalue weighted by Crippen LogP contribution is 2.37. The Balaban J connectivity index is 0.731. The second-order valence-corrected chi connectivity index (χ2v) is 21.9. The number of ether oxygens (including phenoxy) is 5. The van der Waals surface area contributed by atoms with Crippen LogP contribution in [0, 0.1) is 32.6 Å². The summed E-state index contributed by atoms with van der Waals surface area (Å²) in [6.45, 7) is 18.3. The van der Waals surface area contributed by atoms with Gasteiger partial charge in [0.2, 0.25) is 11.8 Å². The fourth-order valence-corrected chi connectivity index (χ4v) is 12.0. The molecule has 4 atom stereocenters. The number of hydrogen-bond donors (Lipinski definition) is 4. The molecule has 0 radical (unpaired) electrons. The first-order chi connectivity index (χ1) is 37.9. The van der Waals surface area contributed by atoms with E-state index in [1.165, 1.54) is 12.0 Å². The lowest BCUT2D eigenvalue weighted by Gasteiger charge is -2.41. The predicted molar refractivity (Wildman–Crippen MR) is 306 cm³/mol. The van der Waals surface area contributed by atoms with Crippen molar-refractivity contribution >= 4 is 23.4 Å². The first-order valence-corrected chi connectivity index (χ1v) is 29.0. The van der Waals surface area contributed by atoms with Crippen LogP contribution in [0.25, 0.3) is 11.1 Å². The predicted octanol–water partition coefficient (Wildman–Crippen LogP) is 7.53. The van der Waals surface area contributed by atoms with Crippen molar-refractivity contribution in [3.63, 3.8) is 0 Å². The van der Waals surface area contributed by atoms with Crippen molar-refractivity contribution in [2.75, 3.05) is 97.5 Å². The summed E-state index contributed by atoms with van der Waals surface area (Å²) in [7, 11) is 1.78. The van der Waals surface area contributed by atoms with Gasteiger partial charge in [0, 0.05) is 80.5 Å². The molecule has 4 heterocycles. The van der Waals surface area contributed by atoms with E-state index < -0.39 is 6.04 Å². The average molecular weight is 1070 g/mol. The zero-order valence-electron chi connectivity index (χ0n) is 47.3. The maximum Gasteiger partial charge on any atom is 0.253 e. The van der Waals surface area contributed by atoms with E-state index in [4.69, 9.17) is 23.7 Å². The van der Waals surface area contributed by atoms with Crippen LogP contribution in [0.5, 0.6) is 11.5 Å². The third-order valence-corrected chi connectivity index (χ3v) is 16.8. The summed E-state index contributed by atoms with van der Waals surface area (Å²) in [5.41, 5.74) is 7.61. The topological polar surface area (TPSA) is 176 Å². The molecule has 16 nitrogen and oxygen atoms in total. The van der Waals surface area contributed by atoms with Crippen LogP contribution in [0.1, 0.15) is 110 Å². The van der Waals surface area contributed by atoms with Gasteiger partial charge in [-0.25, -0.2) is 0 Å². The fraction of sp³-hybridized carbons (Fsp3) is 0.581. The Morgan fingerprint density at radius 2 is 1.45 bits per heavy atom. The van der Waals surface area contributed by atoms with Gasteiger partial charge in [-0.2, -0.15) is 0 Å². The van der Waals surface area contributed by atoms with Crippen LogP contribution in [0.3, 0.4) is 0 Å². The molecule has 1 aliphatic carbocycles. The van der Waals surface area contributed by atoms with E-state index in [2.05, 4.69) is 60.8 Å². The maximum absolute atomic E-state index is 14.3. The summed E-state index contributed by atoms with van der Waals surface area (Å²) in [6.07, 6.45) is 10.3. The molecule has 4 fully saturated rings. The number of H-pyrrole nitrogens is 1.